The van der Waals surface area contributed by atoms with Gasteiger partial charge in [0.1, 0.15) is 5.75 Å². The molecule has 0 saturated carbocycles. The van der Waals surface area contributed by atoms with Crippen molar-refractivity contribution in [3.63, 3.8) is 0 Å². The molecule has 1 fully saturated rings. The zero-order chi connectivity index (χ0) is 11.2. The van der Waals surface area contributed by atoms with E-state index >= 15 is 0 Å². The van der Waals surface area contributed by atoms with Crippen LogP contribution < -0.4 is 10.1 Å². The van der Waals surface area contributed by atoms with E-state index < -0.39 is 0 Å². The molecule has 1 aliphatic rings. The van der Waals surface area contributed by atoms with Crippen LogP contribution in [-0.4, -0.2) is 19.7 Å². The summed E-state index contributed by atoms with van der Waals surface area (Å²) in [5.74, 6) is 1.76. The number of rotatable bonds is 4. The van der Waals surface area contributed by atoms with Gasteiger partial charge < -0.3 is 10.1 Å². The van der Waals surface area contributed by atoms with Crippen LogP contribution in [0.4, 0.5) is 0 Å². The summed E-state index contributed by atoms with van der Waals surface area (Å²) in [5, 5.41) is 3.43. The number of piperidine rings is 1. The highest BCUT2D eigenvalue weighted by Crippen LogP contribution is 2.18. The van der Waals surface area contributed by atoms with E-state index in [-0.39, 0.29) is 0 Å². The molecule has 88 valence electrons. The molecule has 2 nitrogen and oxygen atoms in total. The summed E-state index contributed by atoms with van der Waals surface area (Å²) in [7, 11) is 0. The first-order valence-electron chi connectivity index (χ1n) is 5.94. The van der Waals surface area contributed by atoms with Gasteiger partial charge in [-0.2, -0.15) is 0 Å². The summed E-state index contributed by atoms with van der Waals surface area (Å²) >= 11 is 3.41. The van der Waals surface area contributed by atoms with Gasteiger partial charge in [0.15, 0.2) is 0 Å². The number of hydrogen-bond donors (Lipinski definition) is 1. The van der Waals surface area contributed by atoms with Crippen molar-refractivity contribution in [3.05, 3.63) is 28.7 Å². The highest BCUT2D eigenvalue weighted by molar-refractivity contribution is 9.10. The fourth-order valence-corrected chi connectivity index (χ4v) is 2.31. The first-order chi connectivity index (χ1) is 7.84. The predicted molar refractivity (Wildman–Crippen MR) is 69.8 cm³/mol. The van der Waals surface area contributed by atoms with Crippen LogP contribution in [0.5, 0.6) is 5.75 Å². The maximum absolute atomic E-state index is 5.72. The maximum Gasteiger partial charge on any atom is 0.119 e. The molecular weight excluding hydrogens is 266 g/mol. The Kier molecular flexibility index (Phi) is 4.67. The first kappa shape index (κ1) is 11.9. The zero-order valence-electron chi connectivity index (χ0n) is 9.42. The lowest BCUT2D eigenvalue weighted by Crippen LogP contribution is -2.30. The van der Waals surface area contributed by atoms with E-state index in [2.05, 4.69) is 21.2 Å². The summed E-state index contributed by atoms with van der Waals surface area (Å²) in [5.41, 5.74) is 0. The van der Waals surface area contributed by atoms with Gasteiger partial charge in [0.2, 0.25) is 0 Å². The Morgan fingerprint density at radius 2 is 2.12 bits per heavy atom. The van der Waals surface area contributed by atoms with E-state index in [9.17, 15) is 0 Å². The van der Waals surface area contributed by atoms with E-state index in [0.29, 0.717) is 0 Å². The molecule has 2 rings (SSSR count). The number of ether oxygens (including phenoxy) is 1. The molecule has 0 amide bonds. The molecule has 1 atom stereocenters. The third kappa shape index (κ3) is 3.80. The lowest BCUT2D eigenvalue weighted by Gasteiger charge is -2.22. The van der Waals surface area contributed by atoms with E-state index in [4.69, 9.17) is 4.74 Å². The van der Waals surface area contributed by atoms with Gasteiger partial charge in [-0.05, 0) is 62.5 Å². The van der Waals surface area contributed by atoms with E-state index in [1.54, 1.807) is 0 Å². The van der Waals surface area contributed by atoms with Crippen molar-refractivity contribution in [1.29, 1.82) is 0 Å². The van der Waals surface area contributed by atoms with Gasteiger partial charge >= 0.3 is 0 Å². The van der Waals surface area contributed by atoms with Gasteiger partial charge in [0.25, 0.3) is 0 Å². The molecule has 1 N–H and O–H groups in total. The van der Waals surface area contributed by atoms with Gasteiger partial charge in [-0.15, -0.1) is 0 Å². The average molecular weight is 284 g/mol. The first-order valence-corrected chi connectivity index (χ1v) is 6.73. The molecule has 16 heavy (non-hydrogen) atoms. The average Bonchev–Trinajstić information content (AvgIpc) is 2.33. The third-order valence-electron chi connectivity index (χ3n) is 3.01. The molecule has 0 bridgehead atoms. The quantitative estimate of drug-likeness (QED) is 0.916. The summed E-state index contributed by atoms with van der Waals surface area (Å²) in [6.45, 7) is 3.17. The molecule has 0 spiro atoms. The minimum atomic E-state index is 0.796. The van der Waals surface area contributed by atoms with Crippen molar-refractivity contribution >= 4 is 15.9 Å². The van der Waals surface area contributed by atoms with Crippen molar-refractivity contribution in [2.75, 3.05) is 19.7 Å². The molecule has 0 aromatic heterocycles. The van der Waals surface area contributed by atoms with Crippen LogP contribution in [0, 0.1) is 5.92 Å². The number of halogens is 1. The molecule has 1 aromatic rings. The molecule has 0 radical (unpaired) electrons. The second-order valence-corrected chi connectivity index (χ2v) is 5.22. The fourth-order valence-electron chi connectivity index (χ4n) is 2.04. The smallest absolute Gasteiger partial charge is 0.119 e. The van der Waals surface area contributed by atoms with Crippen molar-refractivity contribution in [2.24, 2.45) is 5.92 Å². The molecule has 1 saturated heterocycles. The Morgan fingerprint density at radius 3 is 2.81 bits per heavy atom. The van der Waals surface area contributed by atoms with Crippen LogP contribution in [0.25, 0.3) is 0 Å². The van der Waals surface area contributed by atoms with Gasteiger partial charge in [-0.1, -0.05) is 15.9 Å². The number of nitrogens with one attached hydrogen (secondary N) is 1. The van der Waals surface area contributed by atoms with E-state index in [1.165, 1.54) is 19.4 Å². The lowest BCUT2D eigenvalue weighted by molar-refractivity contribution is 0.254. The van der Waals surface area contributed by atoms with E-state index in [0.717, 1.165) is 35.7 Å². The molecule has 0 aliphatic carbocycles. The third-order valence-corrected chi connectivity index (χ3v) is 3.54. The van der Waals surface area contributed by atoms with E-state index in [1.807, 2.05) is 24.3 Å². The summed E-state index contributed by atoms with van der Waals surface area (Å²) in [6, 6.07) is 8.03. The second kappa shape index (κ2) is 6.26. The Labute approximate surface area is 106 Å². The van der Waals surface area contributed by atoms with Gasteiger partial charge in [-0.3, -0.25) is 0 Å². The van der Waals surface area contributed by atoms with Crippen LogP contribution >= 0.6 is 15.9 Å². The highest BCUT2D eigenvalue weighted by Gasteiger charge is 2.12. The molecule has 1 aromatic carbocycles. The molecular formula is C13H18BrNO. The Morgan fingerprint density at radius 1 is 1.31 bits per heavy atom. The van der Waals surface area contributed by atoms with Crippen LogP contribution in [0.3, 0.4) is 0 Å². The van der Waals surface area contributed by atoms with Crippen molar-refractivity contribution in [2.45, 2.75) is 19.3 Å². The van der Waals surface area contributed by atoms with Crippen molar-refractivity contribution in [3.8, 4) is 5.75 Å². The maximum atomic E-state index is 5.72. The molecule has 1 aliphatic heterocycles. The fraction of sp³-hybridized carbons (Fsp3) is 0.538. The van der Waals surface area contributed by atoms with Gasteiger partial charge in [0.05, 0.1) is 6.61 Å². The standard InChI is InChI=1S/C13H18BrNO/c14-12-3-5-13(6-4-12)16-9-7-11-2-1-8-15-10-11/h3-6,11,15H,1-2,7-10H2. The SMILES string of the molecule is Brc1ccc(OCCC2CCCNC2)cc1. The summed E-state index contributed by atoms with van der Waals surface area (Å²) in [4.78, 5) is 0. The number of benzene rings is 1. The molecule has 3 heteroatoms. The zero-order valence-corrected chi connectivity index (χ0v) is 11.0. The Hall–Kier alpha value is -0.540. The van der Waals surface area contributed by atoms with Crippen molar-refractivity contribution < 1.29 is 4.74 Å². The Bertz CT molecular complexity index is 306. The lowest BCUT2D eigenvalue weighted by atomic mass is 9.97. The summed E-state index contributed by atoms with van der Waals surface area (Å²) in [6.07, 6.45) is 3.81. The Balaban J connectivity index is 1.69. The number of hydrogen-bond acceptors (Lipinski definition) is 2. The van der Waals surface area contributed by atoms with Gasteiger partial charge in [0, 0.05) is 4.47 Å². The largest absolute Gasteiger partial charge is 0.494 e. The summed E-state index contributed by atoms with van der Waals surface area (Å²) < 4.78 is 6.81. The van der Waals surface area contributed by atoms with Crippen molar-refractivity contribution in [1.82, 2.24) is 5.32 Å². The highest BCUT2D eigenvalue weighted by atomic mass is 79.9. The minimum Gasteiger partial charge on any atom is -0.494 e. The molecule has 1 heterocycles. The predicted octanol–water partition coefficient (Wildman–Crippen LogP) is 3.22. The molecule has 1 unspecified atom stereocenters. The second-order valence-electron chi connectivity index (χ2n) is 4.30. The van der Waals surface area contributed by atoms with Crippen LogP contribution in [0.1, 0.15) is 19.3 Å². The van der Waals surface area contributed by atoms with Crippen LogP contribution in [0.15, 0.2) is 28.7 Å². The topological polar surface area (TPSA) is 21.3 Å². The van der Waals surface area contributed by atoms with Gasteiger partial charge in [-0.25, -0.2) is 0 Å². The monoisotopic (exact) mass is 283 g/mol. The van der Waals surface area contributed by atoms with Crippen LogP contribution in [0.2, 0.25) is 0 Å². The van der Waals surface area contributed by atoms with Crippen LogP contribution in [-0.2, 0) is 0 Å². The normalized spacial score (nSPS) is 20.7. The minimum absolute atomic E-state index is 0.796.